The summed E-state index contributed by atoms with van der Waals surface area (Å²) in [5.41, 5.74) is 1.28. The molecular weight excluding hydrogens is 404 g/mol. The molecular formula is C22H20N2O5S. The fourth-order valence-electron chi connectivity index (χ4n) is 3.08. The predicted octanol–water partition coefficient (Wildman–Crippen LogP) is 4.10. The van der Waals surface area contributed by atoms with Gasteiger partial charge in [0, 0.05) is 12.3 Å². The van der Waals surface area contributed by atoms with Gasteiger partial charge in [-0.25, -0.2) is 9.78 Å². The first-order chi connectivity index (χ1) is 14.5. The first-order valence-electron chi connectivity index (χ1n) is 9.42. The number of para-hydroxylation sites is 3. The van der Waals surface area contributed by atoms with E-state index in [1.54, 1.807) is 24.4 Å². The van der Waals surface area contributed by atoms with E-state index in [0.717, 1.165) is 5.69 Å². The lowest BCUT2D eigenvalue weighted by Gasteiger charge is -2.30. The molecule has 0 saturated heterocycles. The first kappa shape index (κ1) is 19.9. The number of ether oxygens (including phenoxy) is 3. The highest BCUT2D eigenvalue weighted by Crippen LogP contribution is 2.34. The predicted molar refractivity (Wildman–Crippen MR) is 112 cm³/mol. The summed E-state index contributed by atoms with van der Waals surface area (Å²) in [5.74, 6) is 0.425. The Kier molecular flexibility index (Phi) is 5.67. The van der Waals surface area contributed by atoms with Crippen LogP contribution in [0.25, 0.3) is 0 Å². The highest BCUT2D eigenvalue weighted by atomic mass is 32.1. The van der Waals surface area contributed by atoms with Gasteiger partial charge in [0.2, 0.25) is 12.0 Å². The van der Waals surface area contributed by atoms with Crippen molar-refractivity contribution in [2.45, 2.75) is 32.7 Å². The van der Waals surface area contributed by atoms with Gasteiger partial charge in [0.1, 0.15) is 12.7 Å². The Morgan fingerprint density at radius 2 is 1.73 bits per heavy atom. The fourth-order valence-corrected chi connectivity index (χ4v) is 3.95. The molecule has 1 aliphatic heterocycles. The lowest BCUT2D eigenvalue weighted by atomic mass is 10.2. The second-order valence-electron chi connectivity index (χ2n) is 6.73. The van der Waals surface area contributed by atoms with Crippen LogP contribution in [0.4, 0.5) is 10.8 Å². The Morgan fingerprint density at radius 3 is 2.43 bits per heavy atom. The number of fused-ring (bicyclic) bond motifs is 1. The van der Waals surface area contributed by atoms with Crippen molar-refractivity contribution < 1.29 is 23.8 Å². The molecule has 0 saturated carbocycles. The quantitative estimate of drug-likeness (QED) is 0.574. The van der Waals surface area contributed by atoms with E-state index in [1.807, 2.05) is 42.5 Å². The Morgan fingerprint density at radius 1 is 1.07 bits per heavy atom. The van der Waals surface area contributed by atoms with Gasteiger partial charge in [-0.15, -0.1) is 11.3 Å². The van der Waals surface area contributed by atoms with E-state index in [0.29, 0.717) is 22.3 Å². The molecule has 1 aliphatic rings. The number of hydrogen-bond acceptors (Lipinski definition) is 7. The van der Waals surface area contributed by atoms with Crippen LogP contribution < -0.4 is 14.4 Å². The van der Waals surface area contributed by atoms with Crippen LogP contribution in [-0.4, -0.2) is 29.1 Å². The number of hydrogen-bond donors (Lipinski definition) is 0. The van der Waals surface area contributed by atoms with Gasteiger partial charge in [0.15, 0.2) is 16.6 Å². The highest BCUT2D eigenvalue weighted by Gasteiger charge is 2.35. The van der Waals surface area contributed by atoms with Crippen LogP contribution in [0.3, 0.4) is 0 Å². The first-order valence-corrected chi connectivity index (χ1v) is 10.3. The summed E-state index contributed by atoms with van der Waals surface area (Å²) in [4.78, 5) is 30.7. The summed E-state index contributed by atoms with van der Waals surface area (Å²) < 4.78 is 16.9. The molecule has 0 N–H and O–H groups in total. The topological polar surface area (TPSA) is 78.0 Å². The van der Waals surface area contributed by atoms with Crippen LogP contribution in [0.15, 0.2) is 60.0 Å². The second-order valence-corrected chi connectivity index (χ2v) is 7.56. The number of thiazole rings is 1. The zero-order chi connectivity index (χ0) is 21.1. The van der Waals surface area contributed by atoms with E-state index >= 15 is 0 Å². The molecule has 2 aromatic carbocycles. The van der Waals surface area contributed by atoms with Gasteiger partial charge in [-0.1, -0.05) is 30.3 Å². The number of esters is 1. The SMILES string of the molecule is CC(=O)N(c1ccccc1)c1nc(COC(=O)[C@H]2Oc3ccccc3O[C@H]2C)cs1. The van der Waals surface area contributed by atoms with Gasteiger partial charge in [-0.2, -0.15) is 0 Å². The summed E-state index contributed by atoms with van der Waals surface area (Å²) in [7, 11) is 0. The number of anilines is 2. The molecule has 154 valence electrons. The van der Waals surface area contributed by atoms with Crippen LogP contribution >= 0.6 is 11.3 Å². The third-order valence-electron chi connectivity index (χ3n) is 4.50. The lowest BCUT2D eigenvalue weighted by molar-refractivity contribution is -0.159. The molecule has 0 fully saturated rings. The van der Waals surface area contributed by atoms with Crippen LogP contribution in [0, 0.1) is 0 Å². The normalized spacial score (nSPS) is 17.3. The maximum atomic E-state index is 12.5. The lowest BCUT2D eigenvalue weighted by Crippen LogP contribution is -2.44. The highest BCUT2D eigenvalue weighted by molar-refractivity contribution is 7.14. The third-order valence-corrected chi connectivity index (χ3v) is 5.37. The van der Waals surface area contributed by atoms with Gasteiger partial charge >= 0.3 is 5.97 Å². The van der Waals surface area contributed by atoms with Crippen molar-refractivity contribution in [2.75, 3.05) is 4.90 Å². The Hall–Kier alpha value is -3.39. The van der Waals surface area contributed by atoms with Crippen molar-refractivity contribution >= 4 is 34.0 Å². The largest absolute Gasteiger partial charge is 0.482 e. The summed E-state index contributed by atoms with van der Waals surface area (Å²) >= 11 is 1.31. The maximum absolute atomic E-state index is 12.5. The van der Waals surface area contributed by atoms with Crippen molar-refractivity contribution in [3.8, 4) is 11.5 Å². The van der Waals surface area contributed by atoms with E-state index in [-0.39, 0.29) is 12.5 Å². The molecule has 8 heteroatoms. The number of aromatic nitrogens is 1. The van der Waals surface area contributed by atoms with Crippen molar-refractivity contribution in [2.24, 2.45) is 0 Å². The minimum atomic E-state index is -0.865. The van der Waals surface area contributed by atoms with Gasteiger partial charge in [0.05, 0.1) is 11.4 Å². The molecule has 1 amide bonds. The Bertz CT molecular complexity index is 1050. The average Bonchev–Trinajstić information content (AvgIpc) is 3.20. The van der Waals surface area contributed by atoms with Gasteiger partial charge < -0.3 is 14.2 Å². The van der Waals surface area contributed by atoms with Crippen LogP contribution in [0.1, 0.15) is 19.5 Å². The van der Waals surface area contributed by atoms with E-state index in [9.17, 15) is 9.59 Å². The Labute approximate surface area is 177 Å². The number of carbonyl (C=O) groups is 2. The molecule has 3 aromatic rings. The van der Waals surface area contributed by atoms with E-state index < -0.39 is 18.2 Å². The molecule has 7 nitrogen and oxygen atoms in total. The van der Waals surface area contributed by atoms with E-state index in [4.69, 9.17) is 14.2 Å². The Balaban J connectivity index is 1.42. The summed E-state index contributed by atoms with van der Waals surface area (Å²) in [6.45, 7) is 3.21. The molecule has 0 aliphatic carbocycles. The zero-order valence-electron chi connectivity index (χ0n) is 16.5. The van der Waals surface area contributed by atoms with Crippen molar-refractivity contribution in [3.05, 3.63) is 65.7 Å². The van der Waals surface area contributed by atoms with Gasteiger partial charge in [-0.3, -0.25) is 9.69 Å². The monoisotopic (exact) mass is 424 g/mol. The average molecular weight is 424 g/mol. The van der Waals surface area contributed by atoms with E-state index in [2.05, 4.69) is 4.98 Å². The van der Waals surface area contributed by atoms with Gasteiger partial charge in [-0.05, 0) is 31.2 Å². The van der Waals surface area contributed by atoms with E-state index in [1.165, 1.54) is 23.2 Å². The van der Waals surface area contributed by atoms with Crippen molar-refractivity contribution in [1.29, 1.82) is 0 Å². The minimum Gasteiger partial charge on any atom is -0.482 e. The molecule has 1 aromatic heterocycles. The van der Waals surface area contributed by atoms with Crippen LogP contribution in [-0.2, 0) is 20.9 Å². The molecule has 0 radical (unpaired) electrons. The zero-order valence-corrected chi connectivity index (χ0v) is 17.3. The standard InChI is InChI=1S/C22H20N2O5S/c1-14-20(29-19-11-7-6-10-18(19)28-14)21(26)27-12-16-13-30-22(23-16)24(15(2)25)17-8-4-3-5-9-17/h3-11,13-14,20H,12H2,1-2H3/t14-,20-/m0/s1. The number of rotatable bonds is 5. The summed E-state index contributed by atoms with van der Waals surface area (Å²) in [5, 5.41) is 2.28. The molecule has 0 spiro atoms. The van der Waals surface area contributed by atoms with Crippen LogP contribution in [0.5, 0.6) is 11.5 Å². The third kappa shape index (κ3) is 4.13. The minimum absolute atomic E-state index is 0.0237. The van der Waals surface area contributed by atoms with Crippen LogP contribution in [0.2, 0.25) is 0 Å². The number of nitrogens with zero attached hydrogens (tertiary/aromatic N) is 2. The number of amides is 1. The maximum Gasteiger partial charge on any atom is 0.351 e. The molecule has 4 rings (SSSR count). The summed E-state index contributed by atoms with van der Waals surface area (Å²) in [6, 6.07) is 16.4. The molecule has 2 atom stereocenters. The summed E-state index contributed by atoms with van der Waals surface area (Å²) in [6.07, 6.45) is -1.35. The fraction of sp³-hybridized carbons (Fsp3) is 0.227. The molecule has 2 heterocycles. The molecule has 0 bridgehead atoms. The smallest absolute Gasteiger partial charge is 0.351 e. The number of benzene rings is 2. The van der Waals surface area contributed by atoms with Crippen molar-refractivity contribution in [3.63, 3.8) is 0 Å². The molecule has 30 heavy (non-hydrogen) atoms. The van der Waals surface area contributed by atoms with Crippen molar-refractivity contribution in [1.82, 2.24) is 4.98 Å². The number of carbonyl (C=O) groups excluding carboxylic acids is 2. The van der Waals surface area contributed by atoms with Gasteiger partial charge in [0.25, 0.3) is 0 Å². The second kappa shape index (κ2) is 8.54. The molecule has 0 unspecified atom stereocenters.